The number of nitro groups is 1. The Kier molecular flexibility index (Phi) is 5.36. The molecule has 1 aromatic heterocycles. The van der Waals surface area contributed by atoms with E-state index in [9.17, 15) is 19.7 Å². The molecule has 1 heterocycles. The molecule has 8 nitrogen and oxygen atoms in total. The van der Waals surface area contributed by atoms with Crippen LogP contribution in [0.25, 0.3) is 27.6 Å². The van der Waals surface area contributed by atoms with Crippen molar-refractivity contribution in [2.75, 3.05) is 6.61 Å². The molecule has 0 aliphatic carbocycles. The Morgan fingerprint density at radius 2 is 1.74 bits per heavy atom. The summed E-state index contributed by atoms with van der Waals surface area (Å²) in [5.41, 5.74) is 0.377. The number of aromatic amines is 1. The van der Waals surface area contributed by atoms with Gasteiger partial charge in [-0.2, -0.15) is 0 Å². The summed E-state index contributed by atoms with van der Waals surface area (Å²) >= 11 is 0. The van der Waals surface area contributed by atoms with Gasteiger partial charge in [0.2, 0.25) is 0 Å². The number of benzene rings is 3. The van der Waals surface area contributed by atoms with Gasteiger partial charge in [-0.05, 0) is 35.9 Å². The molecule has 0 unspecified atom stereocenters. The molecular weight excluding hydrogens is 398 g/mol. The van der Waals surface area contributed by atoms with Gasteiger partial charge in [-0.25, -0.2) is 4.68 Å². The fraction of sp³-hybridized carbons (Fsp3) is 0.130. The van der Waals surface area contributed by atoms with Gasteiger partial charge in [-0.1, -0.05) is 42.5 Å². The minimum atomic E-state index is -0.534. The first kappa shape index (κ1) is 20.1. The van der Waals surface area contributed by atoms with Gasteiger partial charge in [-0.3, -0.25) is 24.8 Å². The van der Waals surface area contributed by atoms with Gasteiger partial charge in [0.15, 0.2) is 0 Å². The second-order valence-corrected chi connectivity index (χ2v) is 6.86. The van der Waals surface area contributed by atoms with Gasteiger partial charge >= 0.3 is 5.97 Å². The third-order valence-electron chi connectivity index (χ3n) is 4.96. The number of nitrogens with one attached hydrogen (secondary N) is 1. The lowest BCUT2D eigenvalue weighted by atomic mass is 9.95. The number of rotatable bonds is 6. The van der Waals surface area contributed by atoms with Crippen molar-refractivity contribution in [1.29, 1.82) is 0 Å². The fourth-order valence-electron chi connectivity index (χ4n) is 3.66. The maximum atomic E-state index is 13.5. The molecule has 0 radical (unpaired) electrons. The number of H-pyrrole nitrogens is 1. The number of aromatic nitrogens is 2. The molecule has 0 amide bonds. The summed E-state index contributed by atoms with van der Waals surface area (Å²) < 4.78 is 6.34. The molecule has 31 heavy (non-hydrogen) atoms. The largest absolute Gasteiger partial charge is 0.466 e. The smallest absolute Gasteiger partial charge is 0.311 e. The van der Waals surface area contributed by atoms with E-state index in [-0.39, 0.29) is 35.5 Å². The van der Waals surface area contributed by atoms with Gasteiger partial charge in [0.05, 0.1) is 40.5 Å². The zero-order chi connectivity index (χ0) is 22.0. The molecule has 8 heteroatoms. The van der Waals surface area contributed by atoms with Crippen LogP contribution in [0.15, 0.2) is 71.5 Å². The van der Waals surface area contributed by atoms with Gasteiger partial charge in [0.25, 0.3) is 11.2 Å². The molecule has 156 valence electrons. The number of esters is 1. The summed E-state index contributed by atoms with van der Waals surface area (Å²) in [5, 5.41) is 16.1. The minimum absolute atomic E-state index is 0.0837. The van der Waals surface area contributed by atoms with Crippen LogP contribution in [0, 0.1) is 10.1 Å². The van der Waals surface area contributed by atoms with E-state index in [1.165, 1.54) is 10.7 Å². The summed E-state index contributed by atoms with van der Waals surface area (Å²) in [7, 11) is 0. The first-order valence-electron chi connectivity index (χ1n) is 9.72. The molecule has 4 rings (SSSR count). The number of hydrogen-bond acceptors (Lipinski definition) is 5. The van der Waals surface area contributed by atoms with Crippen LogP contribution in [0.1, 0.15) is 12.6 Å². The normalized spacial score (nSPS) is 10.9. The number of nitrogens with zero attached hydrogens (tertiary/aromatic N) is 2. The highest BCUT2D eigenvalue weighted by molar-refractivity contribution is 6.02. The minimum Gasteiger partial charge on any atom is -0.466 e. The molecule has 0 saturated heterocycles. The fourth-order valence-corrected chi connectivity index (χ4v) is 3.66. The van der Waals surface area contributed by atoms with E-state index >= 15 is 0 Å². The van der Waals surface area contributed by atoms with E-state index < -0.39 is 16.5 Å². The summed E-state index contributed by atoms with van der Waals surface area (Å²) in [4.78, 5) is 37.1. The monoisotopic (exact) mass is 417 g/mol. The Morgan fingerprint density at radius 3 is 2.45 bits per heavy atom. The van der Waals surface area contributed by atoms with Crippen molar-refractivity contribution in [3.63, 3.8) is 0 Å². The second-order valence-electron chi connectivity index (χ2n) is 6.86. The van der Waals surface area contributed by atoms with Crippen molar-refractivity contribution in [3.05, 3.63) is 92.9 Å². The highest BCUT2D eigenvalue weighted by Crippen LogP contribution is 2.37. The van der Waals surface area contributed by atoms with Gasteiger partial charge in [0, 0.05) is 6.07 Å². The molecule has 1 N–H and O–H groups in total. The topological polar surface area (TPSA) is 107 Å². The van der Waals surface area contributed by atoms with E-state index in [0.29, 0.717) is 11.1 Å². The molecule has 3 aromatic carbocycles. The Balaban J connectivity index is 2.06. The van der Waals surface area contributed by atoms with E-state index in [1.54, 1.807) is 49.4 Å². The lowest BCUT2D eigenvalue weighted by Gasteiger charge is -2.08. The van der Waals surface area contributed by atoms with Crippen LogP contribution in [0.5, 0.6) is 0 Å². The summed E-state index contributed by atoms with van der Waals surface area (Å²) in [6.45, 7) is 1.87. The average molecular weight is 417 g/mol. The Labute approximate surface area is 176 Å². The molecule has 0 saturated carbocycles. The number of ether oxygens (including phenoxy) is 1. The molecule has 0 aliphatic heterocycles. The van der Waals surface area contributed by atoms with Crippen LogP contribution >= 0.6 is 0 Å². The van der Waals surface area contributed by atoms with Crippen LogP contribution in [0.3, 0.4) is 0 Å². The molecule has 0 atom stereocenters. The number of fused-ring (bicyclic) bond motifs is 1. The van der Waals surface area contributed by atoms with Crippen molar-refractivity contribution in [3.8, 4) is 16.8 Å². The second kappa shape index (κ2) is 8.27. The Bertz CT molecular complexity index is 1340. The number of carbonyl (C=O) groups is 1. The summed E-state index contributed by atoms with van der Waals surface area (Å²) in [5.74, 6) is -0.534. The average Bonchev–Trinajstić information content (AvgIpc) is 3.09. The maximum absolute atomic E-state index is 13.5. The van der Waals surface area contributed by atoms with E-state index in [2.05, 4.69) is 5.10 Å². The van der Waals surface area contributed by atoms with Crippen molar-refractivity contribution >= 4 is 22.4 Å². The Hall–Kier alpha value is -4.20. The maximum Gasteiger partial charge on any atom is 0.311 e. The van der Waals surface area contributed by atoms with Gasteiger partial charge in [-0.15, -0.1) is 0 Å². The lowest BCUT2D eigenvalue weighted by molar-refractivity contribution is -0.384. The van der Waals surface area contributed by atoms with Gasteiger partial charge in [0.1, 0.15) is 0 Å². The predicted molar refractivity (Wildman–Crippen MR) is 116 cm³/mol. The predicted octanol–water partition coefficient (Wildman–Crippen LogP) is 4.00. The quantitative estimate of drug-likeness (QED) is 0.290. The standard InChI is InChI=1S/C23H19N3O5/c1-2-31-20(27)14-18-22(23(28)25(24-18)16-9-4-3-5-10-16)21-17-11-7-6-8-15(17)12-13-19(21)26(29)30/h3-13,24H,2,14H2,1H3. The third kappa shape index (κ3) is 3.71. The zero-order valence-corrected chi connectivity index (χ0v) is 16.7. The first-order valence-corrected chi connectivity index (χ1v) is 9.72. The Morgan fingerprint density at radius 1 is 1.03 bits per heavy atom. The van der Waals surface area contributed by atoms with E-state index in [4.69, 9.17) is 4.74 Å². The van der Waals surface area contributed by atoms with Crippen LogP contribution in [0.4, 0.5) is 5.69 Å². The molecule has 0 bridgehead atoms. The van der Waals surface area contributed by atoms with Crippen molar-refractivity contribution in [1.82, 2.24) is 9.78 Å². The SMILES string of the molecule is CCOC(=O)Cc1[nH]n(-c2ccccc2)c(=O)c1-c1c([N+](=O)[O-])ccc2ccccc12. The highest BCUT2D eigenvalue weighted by Gasteiger charge is 2.27. The first-order chi connectivity index (χ1) is 15.0. The van der Waals surface area contributed by atoms with Crippen molar-refractivity contribution < 1.29 is 14.5 Å². The molecule has 4 aromatic rings. The van der Waals surface area contributed by atoms with E-state index in [1.807, 2.05) is 18.2 Å². The molecular formula is C23H19N3O5. The van der Waals surface area contributed by atoms with E-state index in [0.717, 1.165) is 5.39 Å². The molecule has 0 aliphatic rings. The number of para-hydroxylation sites is 1. The van der Waals surface area contributed by atoms with Gasteiger partial charge < -0.3 is 4.74 Å². The van der Waals surface area contributed by atoms with Crippen LogP contribution in [0.2, 0.25) is 0 Å². The van der Waals surface area contributed by atoms with Crippen LogP contribution in [-0.4, -0.2) is 27.3 Å². The highest BCUT2D eigenvalue weighted by atomic mass is 16.6. The molecule has 0 spiro atoms. The third-order valence-corrected chi connectivity index (χ3v) is 4.96. The number of nitro benzene ring substituents is 1. The van der Waals surface area contributed by atoms with Crippen molar-refractivity contribution in [2.45, 2.75) is 13.3 Å². The summed E-state index contributed by atoms with van der Waals surface area (Å²) in [6.07, 6.45) is -0.224. The number of hydrogen-bond donors (Lipinski definition) is 1. The summed E-state index contributed by atoms with van der Waals surface area (Å²) in [6, 6.07) is 19.0. The zero-order valence-electron chi connectivity index (χ0n) is 16.7. The van der Waals surface area contributed by atoms with Crippen LogP contribution < -0.4 is 5.56 Å². The molecule has 0 fully saturated rings. The lowest BCUT2D eigenvalue weighted by Crippen LogP contribution is -2.16. The number of carbonyl (C=O) groups excluding carboxylic acids is 1. The van der Waals surface area contributed by atoms with Crippen LogP contribution in [-0.2, 0) is 16.0 Å². The van der Waals surface area contributed by atoms with Crippen molar-refractivity contribution in [2.24, 2.45) is 0 Å².